The molecule has 43 heavy (non-hydrogen) atoms. The summed E-state index contributed by atoms with van der Waals surface area (Å²) in [6, 6.07) is 3.52. The molecule has 5 rings (SSSR count). The molecule has 0 aliphatic carbocycles. The van der Waals surface area contributed by atoms with Crippen molar-refractivity contribution in [2.24, 2.45) is 0 Å². The maximum atomic E-state index is 12.9. The number of likely N-dealkylation sites (tertiary alicyclic amines) is 1. The molecule has 0 bridgehead atoms. The van der Waals surface area contributed by atoms with Crippen LogP contribution in [-0.4, -0.2) is 114 Å². The summed E-state index contributed by atoms with van der Waals surface area (Å²) in [7, 11) is 3.92. The van der Waals surface area contributed by atoms with E-state index in [1.165, 1.54) is 0 Å². The molecule has 3 aromatic rings. The van der Waals surface area contributed by atoms with E-state index < -0.39 is 24.9 Å². The van der Waals surface area contributed by atoms with Crippen LogP contribution < -0.4 is 10.2 Å². The molecule has 0 spiro atoms. The minimum absolute atomic E-state index is 0.0220. The Labute approximate surface area is 261 Å². The number of hydrogen-bond acceptors (Lipinski definition) is 8. The van der Waals surface area contributed by atoms with Crippen LogP contribution in [0.4, 0.5) is 30.5 Å². The number of pyridine rings is 1. The average Bonchev–Trinajstić information content (AvgIpc) is 3.57. The smallest absolute Gasteiger partial charge is 0.369 e. The van der Waals surface area contributed by atoms with Crippen molar-refractivity contribution in [1.82, 2.24) is 39.1 Å². The third kappa shape index (κ3) is 7.87. The average molecular weight is 717 g/mol. The fraction of sp³-hybridized carbons (Fsp3) is 0.593. The number of nitrogens with one attached hydrogen (secondary N) is 1. The van der Waals surface area contributed by atoms with Gasteiger partial charge in [-0.3, -0.25) is 14.3 Å². The quantitative estimate of drug-likeness (QED) is 0.204. The van der Waals surface area contributed by atoms with Gasteiger partial charge in [0.2, 0.25) is 17.8 Å². The molecule has 2 saturated heterocycles. The van der Waals surface area contributed by atoms with E-state index in [4.69, 9.17) is 0 Å². The van der Waals surface area contributed by atoms with Crippen molar-refractivity contribution < 1.29 is 22.8 Å². The van der Waals surface area contributed by atoms with Crippen LogP contribution in [0.3, 0.4) is 0 Å². The van der Waals surface area contributed by atoms with E-state index in [9.17, 15) is 22.8 Å². The van der Waals surface area contributed by atoms with Gasteiger partial charge < -0.3 is 24.9 Å². The van der Waals surface area contributed by atoms with Crippen molar-refractivity contribution in [3.05, 3.63) is 30.7 Å². The van der Waals surface area contributed by atoms with Crippen LogP contribution in [-0.2, 0) is 16.1 Å². The number of piperazine rings is 1. The fourth-order valence-electron chi connectivity index (χ4n) is 5.54. The minimum atomic E-state index is -4.37. The number of piperidine rings is 1. The molecule has 2 amide bonds. The molecule has 2 fully saturated rings. The van der Waals surface area contributed by atoms with Crippen molar-refractivity contribution in [2.75, 3.05) is 57.0 Å². The Bertz CT molecular complexity index is 1420. The second kappa shape index (κ2) is 13.2. The minimum Gasteiger partial charge on any atom is -0.369 e. The first-order valence-corrected chi connectivity index (χ1v) is 15.6. The topological polar surface area (TPSA) is 107 Å². The Morgan fingerprint density at radius 2 is 1.93 bits per heavy atom. The van der Waals surface area contributed by atoms with Gasteiger partial charge in [-0.1, -0.05) is 22.6 Å². The lowest BCUT2D eigenvalue weighted by atomic mass is 10.0. The van der Waals surface area contributed by atoms with Crippen LogP contribution in [0.1, 0.15) is 32.1 Å². The highest BCUT2D eigenvalue weighted by molar-refractivity contribution is 14.1. The third-order valence-electron chi connectivity index (χ3n) is 7.87. The predicted molar refractivity (Wildman–Crippen MR) is 163 cm³/mol. The van der Waals surface area contributed by atoms with Crippen LogP contribution in [0.5, 0.6) is 0 Å². The molecule has 12 nitrogen and oxygen atoms in total. The number of rotatable bonds is 9. The van der Waals surface area contributed by atoms with Crippen LogP contribution in [0.2, 0.25) is 0 Å². The van der Waals surface area contributed by atoms with Gasteiger partial charge in [-0.2, -0.15) is 23.3 Å². The molecule has 3 aromatic heterocycles. The number of fused-ring (bicyclic) bond motifs is 1. The van der Waals surface area contributed by atoms with E-state index >= 15 is 0 Å². The number of alkyl halides is 4. The van der Waals surface area contributed by atoms with Gasteiger partial charge in [0.05, 0.1) is 34.1 Å². The van der Waals surface area contributed by atoms with Gasteiger partial charge >= 0.3 is 6.18 Å². The number of likely N-dealkylation sites (N-methyl/N-ethyl adjacent to an activating group) is 2. The number of aromatic nitrogens is 5. The van der Waals surface area contributed by atoms with Gasteiger partial charge in [0, 0.05) is 58.6 Å². The zero-order valence-corrected chi connectivity index (χ0v) is 26.3. The molecular formula is C27H36F3IN10O2. The molecule has 0 radical (unpaired) electrons. The number of anilines is 3. The summed E-state index contributed by atoms with van der Waals surface area (Å²) in [4.78, 5) is 37.9. The molecule has 1 N–H and O–H groups in total. The Hall–Kier alpha value is -3.15. The van der Waals surface area contributed by atoms with Gasteiger partial charge in [0.1, 0.15) is 6.54 Å². The molecule has 2 unspecified atom stereocenters. The van der Waals surface area contributed by atoms with Crippen LogP contribution >= 0.6 is 22.6 Å². The van der Waals surface area contributed by atoms with E-state index in [2.05, 4.69) is 48.0 Å². The highest BCUT2D eigenvalue weighted by Gasteiger charge is 2.36. The largest absolute Gasteiger partial charge is 0.389 e. The number of carbonyl (C=O) groups is 2. The van der Waals surface area contributed by atoms with E-state index in [-0.39, 0.29) is 22.5 Å². The number of nitrogens with zero attached hydrogens (tertiary/aromatic N) is 9. The van der Waals surface area contributed by atoms with Crippen LogP contribution in [0, 0.1) is 0 Å². The summed E-state index contributed by atoms with van der Waals surface area (Å²) in [5, 5.41) is 12.0. The molecule has 234 valence electrons. The molecular weight excluding hydrogens is 680 g/mol. The SMILES string of the molecule is CN1CCN(C(=O)Cn2cc(Nc3nc4c(N(C)CC5CCCC(I)N5C(=O)CCC(F)(F)F)cccn4n3)cn2)CC1. The van der Waals surface area contributed by atoms with Crippen molar-refractivity contribution in [3.8, 4) is 0 Å². The number of amides is 2. The monoisotopic (exact) mass is 716 g/mol. The van der Waals surface area contributed by atoms with E-state index in [1.807, 2.05) is 36.0 Å². The number of hydrogen-bond donors (Lipinski definition) is 1. The zero-order chi connectivity index (χ0) is 30.7. The molecule has 0 saturated carbocycles. The van der Waals surface area contributed by atoms with Crippen molar-refractivity contribution in [3.63, 3.8) is 0 Å². The Kier molecular flexibility index (Phi) is 9.63. The molecule has 5 heterocycles. The normalized spacial score (nSPS) is 20.0. The van der Waals surface area contributed by atoms with Crippen LogP contribution in [0.25, 0.3) is 5.65 Å². The maximum absolute atomic E-state index is 12.9. The third-order valence-corrected chi connectivity index (χ3v) is 9.09. The number of carbonyl (C=O) groups excluding carboxylic acids is 2. The van der Waals surface area contributed by atoms with Gasteiger partial charge in [0.15, 0.2) is 5.65 Å². The molecule has 0 aromatic carbocycles. The van der Waals surface area contributed by atoms with E-state index in [0.717, 1.165) is 31.6 Å². The highest BCUT2D eigenvalue weighted by atomic mass is 127. The Balaban J connectivity index is 1.24. The summed E-state index contributed by atoms with van der Waals surface area (Å²) in [5.41, 5.74) is 2.00. The molecule has 2 aliphatic heterocycles. The van der Waals surface area contributed by atoms with Crippen LogP contribution in [0.15, 0.2) is 30.7 Å². The number of halogens is 4. The predicted octanol–water partition coefficient (Wildman–Crippen LogP) is 3.36. The second-order valence-electron chi connectivity index (χ2n) is 11.1. The van der Waals surface area contributed by atoms with Gasteiger partial charge in [0.25, 0.3) is 0 Å². The summed E-state index contributed by atoms with van der Waals surface area (Å²) >= 11 is 2.16. The Morgan fingerprint density at radius 1 is 1.16 bits per heavy atom. The first-order valence-electron chi connectivity index (χ1n) is 14.3. The van der Waals surface area contributed by atoms with Gasteiger partial charge in [-0.15, -0.1) is 5.10 Å². The molecule has 16 heteroatoms. The molecule has 2 atom stereocenters. The summed E-state index contributed by atoms with van der Waals surface area (Å²) in [5.74, 6) is -0.0960. The van der Waals surface area contributed by atoms with E-state index in [0.29, 0.717) is 43.3 Å². The summed E-state index contributed by atoms with van der Waals surface area (Å²) in [6.45, 7) is 3.71. The standard InChI is InChI=1S/C27H36F3IN10O2/c1-36-11-13-38(14-12-36)24(43)18-39-16-19(15-32-39)33-26-34-25-21(6-4-10-40(25)35-26)37(2)17-20-5-3-7-22(31)41(20)23(42)8-9-27(28,29)30/h4,6,10,15-16,20,22H,3,5,7-9,11-14,17-18H2,1-2H3,(H,33,35). The van der Waals surface area contributed by atoms with Gasteiger partial charge in [-0.25, -0.2) is 4.52 Å². The highest BCUT2D eigenvalue weighted by Crippen LogP contribution is 2.31. The van der Waals surface area contributed by atoms with E-state index in [1.54, 1.807) is 32.7 Å². The first kappa shape index (κ1) is 31.3. The molecule has 2 aliphatic rings. The lowest BCUT2D eigenvalue weighted by Gasteiger charge is -2.41. The Morgan fingerprint density at radius 3 is 2.67 bits per heavy atom. The van der Waals surface area contributed by atoms with Crippen molar-refractivity contribution in [1.29, 1.82) is 0 Å². The fourth-order valence-corrected chi connectivity index (χ4v) is 6.75. The van der Waals surface area contributed by atoms with Gasteiger partial charge in [-0.05, 0) is 38.4 Å². The summed E-state index contributed by atoms with van der Waals surface area (Å²) < 4.78 is 41.5. The van der Waals surface area contributed by atoms with Crippen molar-refractivity contribution >= 4 is 57.4 Å². The van der Waals surface area contributed by atoms with Crippen molar-refractivity contribution in [2.45, 2.75) is 54.9 Å². The lowest BCUT2D eigenvalue weighted by Crippen LogP contribution is -2.52. The second-order valence-corrected chi connectivity index (χ2v) is 12.6. The lowest BCUT2D eigenvalue weighted by molar-refractivity contribution is -0.151. The first-order chi connectivity index (χ1) is 20.5. The zero-order valence-electron chi connectivity index (χ0n) is 24.2. The maximum Gasteiger partial charge on any atom is 0.389 e. The summed E-state index contributed by atoms with van der Waals surface area (Å²) in [6.07, 6.45) is 1.47.